The number of hydrogen-bond acceptors (Lipinski definition) is 2. The maximum atomic E-state index is 4.44. The lowest BCUT2D eigenvalue weighted by Crippen LogP contribution is -2.50. The van der Waals surface area contributed by atoms with Crippen LogP contribution in [0.15, 0.2) is 17.1 Å². The summed E-state index contributed by atoms with van der Waals surface area (Å²) in [5.41, 5.74) is 1.76. The first-order valence-corrected chi connectivity index (χ1v) is 9.41. The number of halogens is 1. The third-order valence-electron chi connectivity index (χ3n) is 5.69. The molecule has 24 heavy (non-hydrogen) atoms. The van der Waals surface area contributed by atoms with Gasteiger partial charge >= 0.3 is 0 Å². The first kappa shape index (κ1) is 21.7. The van der Waals surface area contributed by atoms with E-state index < -0.39 is 0 Å². The summed E-state index contributed by atoms with van der Waals surface area (Å²) in [6.07, 6.45) is 9.17. The molecule has 0 atom stereocenters. The molecule has 0 bridgehead atoms. The normalized spacial score (nSPS) is 22.0. The SMILES string of the molecule is C=C(C)CN1CCC(NC(=NC)NCC2(CC)CCCC2)CC1.I. The molecular weight excluding hydrogens is 411 g/mol. The first-order valence-electron chi connectivity index (χ1n) is 9.41. The Morgan fingerprint density at radius 2 is 1.88 bits per heavy atom. The van der Waals surface area contributed by atoms with Gasteiger partial charge in [-0.3, -0.25) is 9.89 Å². The Kier molecular flexibility index (Phi) is 9.64. The molecule has 5 heteroatoms. The maximum Gasteiger partial charge on any atom is 0.191 e. The lowest BCUT2D eigenvalue weighted by molar-refractivity contribution is 0.220. The van der Waals surface area contributed by atoms with Crippen LogP contribution in [0, 0.1) is 5.41 Å². The molecule has 1 aliphatic carbocycles. The van der Waals surface area contributed by atoms with E-state index in [4.69, 9.17) is 0 Å². The van der Waals surface area contributed by atoms with Crippen molar-refractivity contribution in [3.8, 4) is 0 Å². The van der Waals surface area contributed by atoms with Crippen LogP contribution in [0.2, 0.25) is 0 Å². The molecule has 1 heterocycles. The van der Waals surface area contributed by atoms with Crippen LogP contribution in [0.25, 0.3) is 0 Å². The minimum atomic E-state index is 0. The highest BCUT2D eigenvalue weighted by atomic mass is 127. The van der Waals surface area contributed by atoms with Gasteiger partial charge in [0.25, 0.3) is 0 Å². The molecule has 0 spiro atoms. The number of nitrogens with zero attached hydrogens (tertiary/aromatic N) is 2. The molecule has 0 amide bonds. The van der Waals surface area contributed by atoms with Crippen LogP contribution in [0.4, 0.5) is 0 Å². The van der Waals surface area contributed by atoms with Gasteiger partial charge < -0.3 is 10.6 Å². The zero-order valence-electron chi connectivity index (χ0n) is 15.9. The second kappa shape index (κ2) is 10.6. The molecule has 2 aliphatic rings. The van der Waals surface area contributed by atoms with Crippen molar-refractivity contribution in [3.05, 3.63) is 12.2 Å². The van der Waals surface area contributed by atoms with Crippen molar-refractivity contribution in [2.24, 2.45) is 10.4 Å². The maximum absolute atomic E-state index is 4.44. The molecule has 1 saturated carbocycles. The highest BCUT2D eigenvalue weighted by Crippen LogP contribution is 2.40. The lowest BCUT2D eigenvalue weighted by atomic mass is 9.83. The van der Waals surface area contributed by atoms with Crippen LogP contribution in [-0.4, -0.2) is 50.1 Å². The predicted octanol–water partition coefficient (Wildman–Crippen LogP) is 3.78. The average Bonchev–Trinajstić information content (AvgIpc) is 3.02. The van der Waals surface area contributed by atoms with Gasteiger partial charge in [-0.05, 0) is 44.4 Å². The fourth-order valence-corrected chi connectivity index (χ4v) is 4.06. The Morgan fingerprint density at radius 1 is 1.25 bits per heavy atom. The summed E-state index contributed by atoms with van der Waals surface area (Å²) in [4.78, 5) is 6.94. The number of hydrogen-bond donors (Lipinski definition) is 2. The van der Waals surface area contributed by atoms with Crippen molar-refractivity contribution >= 4 is 29.9 Å². The highest BCUT2D eigenvalue weighted by molar-refractivity contribution is 14.0. The number of piperidine rings is 1. The van der Waals surface area contributed by atoms with Crippen molar-refractivity contribution in [2.75, 3.05) is 33.2 Å². The second-order valence-electron chi connectivity index (χ2n) is 7.64. The van der Waals surface area contributed by atoms with Gasteiger partial charge in [0.1, 0.15) is 0 Å². The van der Waals surface area contributed by atoms with Crippen LogP contribution >= 0.6 is 24.0 Å². The summed E-state index contributed by atoms with van der Waals surface area (Å²) in [6, 6.07) is 0.545. The minimum Gasteiger partial charge on any atom is -0.356 e. The molecule has 140 valence electrons. The summed E-state index contributed by atoms with van der Waals surface area (Å²) in [5.74, 6) is 0.989. The van der Waals surface area contributed by atoms with E-state index in [1.54, 1.807) is 0 Å². The molecule has 1 saturated heterocycles. The van der Waals surface area contributed by atoms with E-state index in [1.807, 2.05) is 7.05 Å². The van der Waals surface area contributed by atoms with E-state index in [9.17, 15) is 0 Å². The average molecular weight is 448 g/mol. The number of nitrogens with one attached hydrogen (secondary N) is 2. The van der Waals surface area contributed by atoms with E-state index in [-0.39, 0.29) is 24.0 Å². The van der Waals surface area contributed by atoms with Gasteiger partial charge in [0.2, 0.25) is 0 Å². The molecule has 0 unspecified atom stereocenters. The summed E-state index contributed by atoms with van der Waals surface area (Å²) < 4.78 is 0. The van der Waals surface area contributed by atoms with Crippen molar-refractivity contribution in [1.82, 2.24) is 15.5 Å². The Bertz CT molecular complexity index is 408. The fourth-order valence-electron chi connectivity index (χ4n) is 4.06. The summed E-state index contributed by atoms with van der Waals surface area (Å²) in [7, 11) is 1.89. The van der Waals surface area contributed by atoms with Crippen molar-refractivity contribution in [1.29, 1.82) is 0 Å². The highest BCUT2D eigenvalue weighted by Gasteiger charge is 2.32. The minimum absolute atomic E-state index is 0. The quantitative estimate of drug-likeness (QED) is 0.281. The molecular formula is C19H37IN4. The first-order chi connectivity index (χ1) is 11.1. The monoisotopic (exact) mass is 448 g/mol. The van der Waals surface area contributed by atoms with Gasteiger partial charge in [0.15, 0.2) is 5.96 Å². The molecule has 0 aromatic rings. The van der Waals surface area contributed by atoms with Gasteiger partial charge in [0.05, 0.1) is 0 Å². The fraction of sp³-hybridized carbons (Fsp3) is 0.842. The predicted molar refractivity (Wildman–Crippen MR) is 115 cm³/mol. The molecule has 1 aliphatic heterocycles. The van der Waals surface area contributed by atoms with Crippen molar-refractivity contribution in [2.45, 2.75) is 64.8 Å². The number of rotatable bonds is 6. The number of likely N-dealkylation sites (tertiary alicyclic amines) is 1. The third-order valence-corrected chi connectivity index (χ3v) is 5.69. The van der Waals surface area contributed by atoms with Crippen molar-refractivity contribution in [3.63, 3.8) is 0 Å². The number of guanidine groups is 1. The Labute approximate surface area is 166 Å². The van der Waals surface area contributed by atoms with Crippen LogP contribution < -0.4 is 10.6 Å². The Hall–Kier alpha value is -0.300. The van der Waals surface area contributed by atoms with E-state index in [0.29, 0.717) is 11.5 Å². The van der Waals surface area contributed by atoms with Crippen LogP contribution in [-0.2, 0) is 0 Å². The molecule has 0 radical (unpaired) electrons. The van der Waals surface area contributed by atoms with E-state index in [0.717, 1.165) is 32.1 Å². The van der Waals surface area contributed by atoms with Gasteiger partial charge in [-0.25, -0.2) is 0 Å². The lowest BCUT2D eigenvalue weighted by Gasteiger charge is -2.34. The van der Waals surface area contributed by atoms with Crippen LogP contribution in [0.1, 0.15) is 58.8 Å². The molecule has 2 rings (SSSR count). The zero-order chi connectivity index (χ0) is 16.7. The molecule has 0 aromatic heterocycles. The summed E-state index contributed by atoms with van der Waals surface area (Å²) >= 11 is 0. The standard InChI is InChI=1S/C19H36N4.HI/c1-5-19(10-6-7-11-19)15-21-18(20-4)22-17-8-12-23(13-9-17)14-16(2)3;/h17H,2,5-15H2,1,3-4H3,(H2,20,21,22);1H. The molecule has 2 N–H and O–H groups in total. The largest absolute Gasteiger partial charge is 0.356 e. The van der Waals surface area contributed by atoms with E-state index in [1.165, 1.54) is 50.5 Å². The van der Waals surface area contributed by atoms with Crippen LogP contribution in [0.3, 0.4) is 0 Å². The molecule has 2 fully saturated rings. The van der Waals surface area contributed by atoms with E-state index >= 15 is 0 Å². The zero-order valence-corrected chi connectivity index (χ0v) is 18.2. The van der Waals surface area contributed by atoms with Gasteiger partial charge in [-0.15, -0.1) is 24.0 Å². The topological polar surface area (TPSA) is 39.7 Å². The third kappa shape index (κ3) is 6.54. The Morgan fingerprint density at radius 3 is 2.38 bits per heavy atom. The van der Waals surface area contributed by atoms with E-state index in [2.05, 4.69) is 41.0 Å². The van der Waals surface area contributed by atoms with Gasteiger partial charge in [0, 0.05) is 39.3 Å². The van der Waals surface area contributed by atoms with Crippen LogP contribution in [0.5, 0.6) is 0 Å². The van der Waals surface area contributed by atoms with Gasteiger partial charge in [-0.1, -0.05) is 31.9 Å². The van der Waals surface area contributed by atoms with Crippen molar-refractivity contribution < 1.29 is 0 Å². The number of aliphatic imine (C=N–C) groups is 1. The second-order valence-corrected chi connectivity index (χ2v) is 7.64. The summed E-state index contributed by atoms with van der Waals surface area (Å²) in [6.45, 7) is 12.9. The summed E-state index contributed by atoms with van der Waals surface area (Å²) in [5, 5.41) is 7.24. The smallest absolute Gasteiger partial charge is 0.191 e. The molecule has 0 aromatic carbocycles. The van der Waals surface area contributed by atoms with Gasteiger partial charge in [-0.2, -0.15) is 0 Å². The molecule has 4 nitrogen and oxygen atoms in total. The Balaban J connectivity index is 0.00000288.